The van der Waals surface area contributed by atoms with Crippen molar-refractivity contribution in [1.82, 2.24) is 9.55 Å². The number of nitrogens with zero attached hydrogens (tertiary/aromatic N) is 2. The van der Waals surface area contributed by atoms with Crippen LogP contribution in [0.1, 0.15) is 43.9 Å². The average Bonchev–Trinajstić information content (AvgIpc) is 2.86. The third-order valence-electron chi connectivity index (χ3n) is 3.32. The lowest BCUT2D eigenvalue weighted by atomic mass is 10.2. The van der Waals surface area contributed by atoms with Gasteiger partial charge in [-0.3, -0.25) is 9.36 Å². The van der Waals surface area contributed by atoms with Crippen LogP contribution in [0, 0.1) is 0 Å². The zero-order valence-electron chi connectivity index (χ0n) is 11.8. The molecule has 0 amide bonds. The summed E-state index contributed by atoms with van der Waals surface area (Å²) in [5, 5.41) is 0.718. The number of thiophene rings is 1. The number of carbonyl (C=O) groups is 1. The van der Waals surface area contributed by atoms with Crippen molar-refractivity contribution in [3.8, 4) is 0 Å². The molecule has 0 unspecified atom stereocenters. The van der Waals surface area contributed by atoms with Crippen molar-refractivity contribution < 1.29 is 4.79 Å². The van der Waals surface area contributed by atoms with Gasteiger partial charge in [0, 0.05) is 17.8 Å². The molecule has 2 heterocycles. The molecule has 4 nitrogen and oxygen atoms in total. The average molecular weight is 292 g/mol. The summed E-state index contributed by atoms with van der Waals surface area (Å²) in [4.78, 5) is 29.1. The van der Waals surface area contributed by atoms with Crippen LogP contribution in [0.2, 0.25) is 0 Å². The molecular weight excluding hydrogens is 272 g/mol. The van der Waals surface area contributed by atoms with Gasteiger partial charge < -0.3 is 4.79 Å². The molecule has 20 heavy (non-hydrogen) atoms. The van der Waals surface area contributed by atoms with E-state index in [1.54, 1.807) is 22.2 Å². The van der Waals surface area contributed by atoms with Gasteiger partial charge >= 0.3 is 0 Å². The van der Waals surface area contributed by atoms with Gasteiger partial charge in [0.2, 0.25) is 0 Å². The number of hydrogen-bond donors (Lipinski definition) is 0. The maximum absolute atomic E-state index is 12.3. The Morgan fingerprint density at radius 1 is 1.35 bits per heavy atom. The van der Waals surface area contributed by atoms with E-state index in [-0.39, 0.29) is 5.56 Å². The van der Waals surface area contributed by atoms with E-state index in [1.807, 2.05) is 6.07 Å². The van der Waals surface area contributed by atoms with Gasteiger partial charge in [-0.05, 0) is 25.3 Å². The predicted octanol–water partition coefficient (Wildman–Crippen LogP) is 3.17. The monoisotopic (exact) mass is 292 g/mol. The Kier molecular flexibility index (Phi) is 5.47. The zero-order chi connectivity index (χ0) is 14.4. The van der Waals surface area contributed by atoms with Crippen molar-refractivity contribution >= 4 is 27.8 Å². The Balaban J connectivity index is 2.17. The third-order valence-corrected chi connectivity index (χ3v) is 4.42. The molecule has 2 aromatic rings. The highest BCUT2D eigenvalue weighted by Crippen LogP contribution is 2.22. The molecule has 0 aliphatic carbocycles. The highest BCUT2D eigenvalue weighted by atomic mass is 32.1. The lowest BCUT2D eigenvalue weighted by Crippen LogP contribution is -2.19. The van der Waals surface area contributed by atoms with E-state index in [4.69, 9.17) is 0 Å². The summed E-state index contributed by atoms with van der Waals surface area (Å²) >= 11 is 1.62. The maximum Gasteiger partial charge on any atom is 0.262 e. The quantitative estimate of drug-likeness (QED) is 0.554. The first-order chi connectivity index (χ1) is 9.76. The van der Waals surface area contributed by atoms with E-state index in [0.29, 0.717) is 19.4 Å². The van der Waals surface area contributed by atoms with Crippen LogP contribution in [-0.2, 0) is 17.8 Å². The zero-order valence-corrected chi connectivity index (χ0v) is 12.6. The molecule has 0 aliphatic heterocycles. The molecule has 2 rings (SSSR count). The number of carbonyl (C=O) groups excluding carboxylic acids is 1. The highest BCUT2D eigenvalue weighted by molar-refractivity contribution is 7.18. The second-order valence-corrected chi connectivity index (χ2v) is 6.06. The minimum absolute atomic E-state index is 0.0129. The number of aromatic nitrogens is 2. The highest BCUT2D eigenvalue weighted by Gasteiger charge is 2.08. The van der Waals surface area contributed by atoms with Gasteiger partial charge in [0.1, 0.15) is 11.1 Å². The molecule has 0 saturated heterocycles. The van der Waals surface area contributed by atoms with Crippen LogP contribution < -0.4 is 5.56 Å². The molecule has 0 radical (unpaired) electrons. The predicted molar refractivity (Wildman–Crippen MR) is 82.4 cm³/mol. The van der Waals surface area contributed by atoms with Gasteiger partial charge in [-0.25, -0.2) is 4.98 Å². The fourth-order valence-corrected chi connectivity index (χ4v) is 3.21. The first-order valence-corrected chi connectivity index (χ1v) is 7.99. The Bertz CT molecular complexity index is 630. The molecule has 0 bridgehead atoms. The van der Waals surface area contributed by atoms with Crippen LogP contribution in [-0.4, -0.2) is 15.8 Å². The Morgan fingerprint density at radius 3 is 2.95 bits per heavy atom. The number of aryl methyl sites for hydroxylation is 2. The van der Waals surface area contributed by atoms with Crippen LogP contribution in [0.5, 0.6) is 0 Å². The van der Waals surface area contributed by atoms with Crippen molar-refractivity contribution in [2.45, 2.75) is 52.0 Å². The Hall–Kier alpha value is -1.49. The van der Waals surface area contributed by atoms with Crippen molar-refractivity contribution in [3.05, 3.63) is 27.6 Å². The summed E-state index contributed by atoms with van der Waals surface area (Å²) in [6.45, 7) is 2.74. The Labute approximate surface area is 122 Å². The molecule has 0 aliphatic rings. The molecule has 2 aromatic heterocycles. The largest absolute Gasteiger partial charge is 0.303 e. The first-order valence-electron chi connectivity index (χ1n) is 7.17. The summed E-state index contributed by atoms with van der Waals surface area (Å²) < 4.78 is 1.61. The SMILES string of the molecule is CCCCCc1cc2c(=O)n(CCCC=O)cnc2s1. The smallest absolute Gasteiger partial charge is 0.262 e. The summed E-state index contributed by atoms with van der Waals surface area (Å²) in [5.41, 5.74) is 0.0129. The van der Waals surface area contributed by atoms with Gasteiger partial charge in [0.15, 0.2) is 0 Å². The molecule has 0 N–H and O–H groups in total. The normalized spacial score (nSPS) is 11.1. The molecule has 0 aromatic carbocycles. The molecule has 0 fully saturated rings. The van der Waals surface area contributed by atoms with Crippen LogP contribution in [0.4, 0.5) is 0 Å². The van der Waals surface area contributed by atoms with Crippen LogP contribution in [0.25, 0.3) is 10.2 Å². The summed E-state index contributed by atoms with van der Waals surface area (Å²) in [6.07, 6.45) is 8.26. The second-order valence-electron chi connectivity index (χ2n) is 4.94. The van der Waals surface area contributed by atoms with Gasteiger partial charge in [0.05, 0.1) is 11.7 Å². The fourth-order valence-electron chi connectivity index (χ4n) is 2.19. The van der Waals surface area contributed by atoms with E-state index in [9.17, 15) is 9.59 Å². The molecule has 108 valence electrons. The molecule has 0 spiro atoms. The van der Waals surface area contributed by atoms with Crippen molar-refractivity contribution in [2.24, 2.45) is 0 Å². The van der Waals surface area contributed by atoms with Crippen LogP contribution in [0.15, 0.2) is 17.2 Å². The topological polar surface area (TPSA) is 52.0 Å². The molecule has 0 atom stereocenters. The minimum Gasteiger partial charge on any atom is -0.303 e. The number of aldehydes is 1. The fraction of sp³-hybridized carbons (Fsp3) is 0.533. The van der Waals surface area contributed by atoms with Gasteiger partial charge in [-0.15, -0.1) is 11.3 Å². The van der Waals surface area contributed by atoms with Crippen molar-refractivity contribution in [1.29, 1.82) is 0 Å². The lowest BCUT2D eigenvalue weighted by molar-refractivity contribution is -0.107. The standard InChI is InChI=1S/C15H20N2O2S/c1-2-3-4-7-12-10-13-14(20-12)16-11-17(15(13)19)8-5-6-9-18/h9-11H,2-8H2,1H3. The number of fused-ring (bicyclic) bond motifs is 1. The maximum atomic E-state index is 12.3. The Morgan fingerprint density at radius 2 is 2.20 bits per heavy atom. The third kappa shape index (κ3) is 3.54. The minimum atomic E-state index is 0.0129. The number of hydrogen-bond acceptors (Lipinski definition) is 4. The van der Waals surface area contributed by atoms with Gasteiger partial charge in [-0.2, -0.15) is 0 Å². The van der Waals surface area contributed by atoms with E-state index in [2.05, 4.69) is 11.9 Å². The number of unbranched alkanes of at least 4 members (excludes halogenated alkanes) is 3. The van der Waals surface area contributed by atoms with E-state index < -0.39 is 0 Å². The molecular formula is C15H20N2O2S. The van der Waals surface area contributed by atoms with Gasteiger partial charge in [0.25, 0.3) is 5.56 Å². The summed E-state index contributed by atoms with van der Waals surface area (Å²) in [6, 6.07) is 1.99. The summed E-state index contributed by atoms with van der Waals surface area (Å²) in [7, 11) is 0. The van der Waals surface area contributed by atoms with Gasteiger partial charge in [-0.1, -0.05) is 19.8 Å². The van der Waals surface area contributed by atoms with Crippen LogP contribution in [0.3, 0.4) is 0 Å². The van der Waals surface area contributed by atoms with Crippen molar-refractivity contribution in [3.63, 3.8) is 0 Å². The van der Waals surface area contributed by atoms with Crippen LogP contribution >= 0.6 is 11.3 Å². The van der Waals surface area contributed by atoms with E-state index >= 15 is 0 Å². The molecule has 0 saturated carbocycles. The van der Waals surface area contributed by atoms with E-state index in [0.717, 1.165) is 29.3 Å². The summed E-state index contributed by atoms with van der Waals surface area (Å²) in [5.74, 6) is 0. The van der Waals surface area contributed by atoms with Crippen molar-refractivity contribution in [2.75, 3.05) is 0 Å². The lowest BCUT2D eigenvalue weighted by Gasteiger charge is -2.02. The number of rotatable bonds is 8. The second kappa shape index (κ2) is 7.33. The first kappa shape index (κ1) is 14.9. The van der Waals surface area contributed by atoms with E-state index in [1.165, 1.54) is 17.7 Å². The molecule has 5 heteroatoms.